The summed E-state index contributed by atoms with van der Waals surface area (Å²) in [6.45, 7) is 3.55. The number of urea groups is 1. The number of fused-ring (bicyclic) bond motifs is 1. The van der Waals surface area contributed by atoms with Gasteiger partial charge in [0.05, 0.1) is 12.2 Å². The van der Waals surface area contributed by atoms with Crippen LogP contribution >= 0.6 is 11.6 Å². The number of aryl methyl sites for hydroxylation is 1. The second-order valence-electron chi connectivity index (χ2n) is 5.34. The number of nitrogens with zero attached hydrogens (tertiary/aromatic N) is 3. The number of amides is 2. The highest BCUT2D eigenvalue weighted by Gasteiger charge is 2.20. The van der Waals surface area contributed by atoms with Gasteiger partial charge in [-0.25, -0.2) is 14.8 Å². The van der Waals surface area contributed by atoms with Gasteiger partial charge in [0.15, 0.2) is 0 Å². The van der Waals surface area contributed by atoms with Crippen LogP contribution in [-0.4, -0.2) is 27.4 Å². The lowest BCUT2D eigenvalue weighted by Gasteiger charge is -2.29. The summed E-state index contributed by atoms with van der Waals surface area (Å²) in [6, 6.07) is 7.57. The Kier molecular flexibility index (Phi) is 4.24. The van der Waals surface area contributed by atoms with Gasteiger partial charge in [0, 0.05) is 24.3 Å². The van der Waals surface area contributed by atoms with Gasteiger partial charge in [0.1, 0.15) is 5.82 Å². The zero-order chi connectivity index (χ0) is 15.5. The predicted molar refractivity (Wildman–Crippen MR) is 84.6 cm³/mol. The summed E-state index contributed by atoms with van der Waals surface area (Å²) in [7, 11) is 0. The summed E-state index contributed by atoms with van der Waals surface area (Å²) in [5.41, 5.74) is 3.19. The minimum Gasteiger partial charge on any atom is -0.332 e. The summed E-state index contributed by atoms with van der Waals surface area (Å²) in [5.74, 6) is 0.704. The van der Waals surface area contributed by atoms with E-state index in [4.69, 9.17) is 11.6 Å². The zero-order valence-electron chi connectivity index (χ0n) is 12.3. The van der Waals surface area contributed by atoms with Gasteiger partial charge in [-0.3, -0.25) is 0 Å². The highest BCUT2D eigenvalue weighted by atomic mass is 35.5. The molecule has 1 aromatic carbocycles. The first-order valence-corrected chi connectivity index (χ1v) is 7.58. The highest BCUT2D eigenvalue weighted by Crippen LogP contribution is 2.22. The predicted octanol–water partition coefficient (Wildman–Crippen LogP) is 2.71. The van der Waals surface area contributed by atoms with Gasteiger partial charge in [0.2, 0.25) is 0 Å². The van der Waals surface area contributed by atoms with Crippen molar-refractivity contribution in [3.63, 3.8) is 0 Å². The van der Waals surface area contributed by atoms with E-state index < -0.39 is 0 Å². The van der Waals surface area contributed by atoms with Crippen molar-refractivity contribution >= 4 is 17.6 Å². The van der Waals surface area contributed by atoms with Gasteiger partial charge in [0.25, 0.3) is 0 Å². The lowest BCUT2D eigenvalue weighted by Crippen LogP contribution is -2.42. The molecule has 0 fully saturated rings. The van der Waals surface area contributed by atoms with Crippen LogP contribution in [0.2, 0.25) is 5.02 Å². The Hall–Kier alpha value is -2.14. The van der Waals surface area contributed by atoms with Crippen molar-refractivity contribution < 1.29 is 4.79 Å². The maximum atomic E-state index is 12.3. The van der Waals surface area contributed by atoms with Gasteiger partial charge in [-0.1, -0.05) is 17.7 Å². The molecule has 0 aliphatic carbocycles. The molecule has 0 atom stereocenters. The first kappa shape index (κ1) is 14.8. The molecule has 2 aromatic rings. The largest absolute Gasteiger partial charge is 0.332 e. The Labute approximate surface area is 134 Å². The monoisotopic (exact) mass is 316 g/mol. The molecule has 1 aromatic heterocycles. The number of hydrogen-bond acceptors (Lipinski definition) is 3. The van der Waals surface area contributed by atoms with Crippen molar-refractivity contribution in [1.29, 1.82) is 0 Å². The van der Waals surface area contributed by atoms with Crippen LogP contribution in [0.4, 0.5) is 4.79 Å². The fraction of sp³-hybridized carbons (Fsp3) is 0.312. The molecule has 1 aliphatic rings. The number of aromatic nitrogens is 2. The fourth-order valence-electron chi connectivity index (χ4n) is 2.58. The Morgan fingerprint density at radius 1 is 1.36 bits per heavy atom. The van der Waals surface area contributed by atoms with Crippen molar-refractivity contribution in [3.05, 3.63) is 58.1 Å². The van der Waals surface area contributed by atoms with E-state index in [0.717, 1.165) is 22.7 Å². The number of rotatable bonds is 2. The Morgan fingerprint density at radius 3 is 3.05 bits per heavy atom. The number of carbonyl (C=O) groups is 1. The number of halogens is 1. The van der Waals surface area contributed by atoms with Gasteiger partial charge < -0.3 is 10.2 Å². The van der Waals surface area contributed by atoms with E-state index in [0.29, 0.717) is 25.5 Å². The molecule has 5 nitrogen and oxygen atoms in total. The molecule has 22 heavy (non-hydrogen) atoms. The third-order valence-electron chi connectivity index (χ3n) is 3.72. The maximum absolute atomic E-state index is 12.3. The molecule has 2 heterocycles. The van der Waals surface area contributed by atoms with Crippen LogP contribution in [0.3, 0.4) is 0 Å². The number of benzene rings is 1. The molecule has 3 rings (SSSR count). The first-order valence-electron chi connectivity index (χ1n) is 7.20. The molecule has 6 heteroatoms. The number of carbonyl (C=O) groups excluding carboxylic acids is 1. The standard InChI is InChI=1S/C16H17ClN4O/c1-11-18-6-4-15(20-11)9-19-16(22)21-7-5-12-8-14(17)3-2-13(12)10-21/h2-4,6,8H,5,7,9-10H2,1H3,(H,19,22). The van der Waals surface area contributed by atoms with Crippen LogP contribution in [-0.2, 0) is 19.5 Å². The molecule has 0 saturated carbocycles. The van der Waals surface area contributed by atoms with Crippen molar-refractivity contribution in [2.45, 2.75) is 26.4 Å². The lowest BCUT2D eigenvalue weighted by molar-refractivity contribution is 0.192. The van der Waals surface area contributed by atoms with E-state index in [1.165, 1.54) is 5.56 Å². The van der Waals surface area contributed by atoms with E-state index in [2.05, 4.69) is 15.3 Å². The van der Waals surface area contributed by atoms with Crippen LogP contribution < -0.4 is 5.32 Å². The number of hydrogen-bond donors (Lipinski definition) is 1. The Balaban J connectivity index is 1.61. The van der Waals surface area contributed by atoms with Crippen molar-refractivity contribution in [2.24, 2.45) is 0 Å². The molecular weight excluding hydrogens is 300 g/mol. The maximum Gasteiger partial charge on any atom is 0.318 e. The molecule has 0 radical (unpaired) electrons. The normalized spacial score (nSPS) is 13.6. The van der Waals surface area contributed by atoms with E-state index in [9.17, 15) is 4.79 Å². The van der Waals surface area contributed by atoms with Crippen LogP contribution in [0.1, 0.15) is 22.6 Å². The molecule has 1 aliphatic heterocycles. The van der Waals surface area contributed by atoms with E-state index in [-0.39, 0.29) is 6.03 Å². The molecule has 0 unspecified atom stereocenters. The third kappa shape index (κ3) is 3.36. The zero-order valence-corrected chi connectivity index (χ0v) is 13.1. The second-order valence-corrected chi connectivity index (χ2v) is 5.77. The quantitative estimate of drug-likeness (QED) is 0.926. The molecule has 1 N–H and O–H groups in total. The average molecular weight is 317 g/mol. The summed E-state index contributed by atoms with van der Waals surface area (Å²) in [6.07, 6.45) is 2.53. The third-order valence-corrected chi connectivity index (χ3v) is 3.96. The van der Waals surface area contributed by atoms with Crippen LogP contribution in [0, 0.1) is 6.92 Å². The van der Waals surface area contributed by atoms with Crippen molar-refractivity contribution in [2.75, 3.05) is 6.54 Å². The van der Waals surface area contributed by atoms with Gasteiger partial charge in [-0.05, 0) is 42.7 Å². The van der Waals surface area contributed by atoms with Crippen molar-refractivity contribution in [3.8, 4) is 0 Å². The minimum absolute atomic E-state index is 0.0723. The number of nitrogens with one attached hydrogen (secondary N) is 1. The SMILES string of the molecule is Cc1nccc(CNC(=O)N2CCc3cc(Cl)ccc3C2)n1. The lowest BCUT2D eigenvalue weighted by atomic mass is 10.0. The Bertz CT molecular complexity index is 704. The smallest absolute Gasteiger partial charge is 0.318 e. The highest BCUT2D eigenvalue weighted by molar-refractivity contribution is 6.30. The van der Waals surface area contributed by atoms with Gasteiger partial charge in [-0.2, -0.15) is 0 Å². The molecule has 0 saturated heterocycles. The molecule has 114 valence electrons. The molecular formula is C16H17ClN4O. The van der Waals surface area contributed by atoms with Crippen LogP contribution in [0.25, 0.3) is 0 Å². The summed E-state index contributed by atoms with van der Waals surface area (Å²) >= 11 is 6.00. The Morgan fingerprint density at radius 2 is 2.23 bits per heavy atom. The van der Waals surface area contributed by atoms with Crippen LogP contribution in [0.15, 0.2) is 30.5 Å². The topological polar surface area (TPSA) is 58.1 Å². The minimum atomic E-state index is -0.0723. The van der Waals surface area contributed by atoms with E-state index in [1.54, 1.807) is 12.3 Å². The first-order chi connectivity index (χ1) is 10.6. The second kappa shape index (κ2) is 6.32. The van der Waals surface area contributed by atoms with E-state index in [1.807, 2.05) is 30.0 Å². The molecule has 0 bridgehead atoms. The summed E-state index contributed by atoms with van der Waals surface area (Å²) in [4.78, 5) is 22.4. The summed E-state index contributed by atoms with van der Waals surface area (Å²) in [5, 5.41) is 3.65. The van der Waals surface area contributed by atoms with E-state index >= 15 is 0 Å². The summed E-state index contributed by atoms with van der Waals surface area (Å²) < 4.78 is 0. The molecule has 2 amide bonds. The van der Waals surface area contributed by atoms with Crippen molar-refractivity contribution in [1.82, 2.24) is 20.2 Å². The van der Waals surface area contributed by atoms with Crippen LogP contribution in [0.5, 0.6) is 0 Å². The molecule has 0 spiro atoms. The van der Waals surface area contributed by atoms with Gasteiger partial charge >= 0.3 is 6.03 Å². The average Bonchev–Trinajstić information content (AvgIpc) is 2.52. The van der Waals surface area contributed by atoms with Gasteiger partial charge in [-0.15, -0.1) is 0 Å². The fourth-order valence-corrected chi connectivity index (χ4v) is 2.77.